The standard InChI is InChI=1S/C20H20F3N5O5S/c1-11-5-6-12(9-14(11)34(32,33)26(2)3)24-16(29)10-28-18(30)13-7-8-15(20(21,22)23)25-17(13)27(4)19(28)31/h5-9H,10H2,1-4H3,(H,24,29). The number of fused-ring (bicyclic) bond motifs is 1. The Morgan fingerprint density at radius 3 is 2.38 bits per heavy atom. The van der Waals surface area contributed by atoms with Crippen molar-refractivity contribution in [2.45, 2.75) is 24.5 Å². The molecule has 0 bridgehead atoms. The van der Waals surface area contributed by atoms with Gasteiger partial charge in [0, 0.05) is 26.8 Å². The first-order valence-corrected chi connectivity index (χ1v) is 11.1. The molecule has 0 aliphatic rings. The minimum absolute atomic E-state index is 0.0411. The van der Waals surface area contributed by atoms with E-state index in [0.717, 1.165) is 22.0 Å². The number of anilines is 1. The van der Waals surface area contributed by atoms with Crippen LogP contribution in [0.4, 0.5) is 18.9 Å². The zero-order chi connectivity index (χ0) is 25.6. The van der Waals surface area contributed by atoms with Crippen molar-refractivity contribution < 1.29 is 26.4 Å². The number of halogens is 3. The van der Waals surface area contributed by atoms with Crippen LogP contribution in [-0.4, -0.2) is 46.8 Å². The monoisotopic (exact) mass is 499 g/mol. The molecule has 2 heterocycles. The molecule has 182 valence electrons. The molecular formula is C20H20F3N5O5S. The number of nitrogens with zero attached hydrogens (tertiary/aromatic N) is 4. The van der Waals surface area contributed by atoms with E-state index in [0.29, 0.717) is 16.2 Å². The van der Waals surface area contributed by atoms with Crippen molar-refractivity contribution in [3.05, 3.63) is 62.4 Å². The largest absolute Gasteiger partial charge is 0.433 e. The summed E-state index contributed by atoms with van der Waals surface area (Å²) in [5, 5.41) is 2.15. The quantitative estimate of drug-likeness (QED) is 0.565. The Labute approximate surface area is 191 Å². The van der Waals surface area contributed by atoms with E-state index in [4.69, 9.17) is 0 Å². The predicted octanol–water partition coefficient (Wildman–Crippen LogP) is 1.31. The Kier molecular flexibility index (Phi) is 6.41. The molecule has 0 spiro atoms. The van der Waals surface area contributed by atoms with E-state index in [1.165, 1.54) is 32.3 Å². The van der Waals surface area contributed by atoms with Crippen LogP contribution in [0.5, 0.6) is 0 Å². The van der Waals surface area contributed by atoms with Crippen LogP contribution in [0.15, 0.2) is 44.8 Å². The van der Waals surface area contributed by atoms with Crippen LogP contribution in [0, 0.1) is 6.92 Å². The second kappa shape index (κ2) is 8.68. The van der Waals surface area contributed by atoms with Gasteiger partial charge in [0.2, 0.25) is 15.9 Å². The molecule has 34 heavy (non-hydrogen) atoms. The molecule has 3 rings (SSSR count). The fourth-order valence-corrected chi connectivity index (χ4v) is 4.31. The maximum Gasteiger partial charge on any atom is 0.433 e. The molecule has 0 saturated heterocycles. The summed E-state index contributed by atoms with van der Waals surface area (Å²) in [5.74, 6) is -0.824. The Morgan fingerprint density at radius 2 is 1.79 bits per heavy atom. The van der Waals surface area contributed by atoms with Crippen molar-refractivity contribution in [1.82, 2.24) is 18.4 Å². The highest BCUT2D eigenvalue weighted by atomic mass is 32.2. The summed E-state index contributed by atoms with van der Waals surface area (Å²) in [4.78, 5) is 41.2. The zero-order valence-corrected chi connectivity index (χ0v) is 19.3. The smallest absolute Gasteiger partial charge is 0.324 e. The van der Waals surface area contributed by atoms with Crippen LogP contribution in [0.25, 0.3) is 11.0 Å². The number of sulfonamides is 1. The number of pyridine rings is 1. The van der Waals surface area contributed by atoms with E-state index in [-0.39, 0.29) is 16.0 Å². The van der Waals surface area contributed by atoms with Crippen LogP contribution in [-0.2, 0) is 34.6 Å². The van der Waals surface area contributed by atoms with Crippen molar-refractivity contribution in [2.24, 2.45) is 7.05 Å². The summed E-state index contributed by atoms with van der Waals surface area (Å²) in [5.41, 5.74) is -3.23. The number of rotatable bonds is 5. The number of aromatic nitrogens is 3. The Hall–Kier alpha value is -3.52. The van der Waals surface area contributed by atoms with E-state index in [9.17, 15) is 36.0 Å². The second-order valence-electron chi connectivity index (χ2n) is 7.61. The SMILES string of the molecule is Cc1ccc(NC(=O)Cn2c(=O)c3ccc(C(F)(F)F)nc3n(C)c2=O)cc1S(=O)(=O)N(C)C. The van der Waals surface area contributed by atoms with Crippen LogP contribution in [0.1, 0.15) is 11.3 Å². The van der Waals surface area contributed by atoms with Crippen LogP contribution >= 0.6 is 0 Å². The number of aryl methyl sites for hydroxylation is 2. The molecule has 0 aliphatic heterocycles. The first kappa shape index (κ1) is 25.1. The highest BCUT2D eigenvalue weighted by Crippen LogP contribution is 2.28. The van der Waals surface area contributed by atoms with Gasteiger partial charge in [-0.1, -0.05) is 6.07 Å². The van der Waals surface area contributed by atoms with E-state index in [1.807, 2.05) is 0 Å². The summed E-state index contributed by atoms with van der Waals surface area (Å²) < 4.78 is 66.1. The Balaban J connectivity index is 1.97. The van der Waals surface area contributed by atoms with Gasteiger partial charge in [-0.15, -0.1) is 0 Å². The summed E-state index contributed by atoms with van der Waals surface area (Å²) in [6.07, 6.45) is -4.77. The van der Waals surface area contributed by atoms with Crippen LogP contribution in [0.2, 0.25) is 0 Å². The van der Waals surface area contributed by atoms with Crippen molar-refractivity contribution in [3.8, 4) is 0 Å². The molecule has 0 aliphatic carbocycles. The van der Waals surface area contributed by atoms with Crippen molar-refractivity contribution >= 4 is 32.7 Å². The van der Waals surface area contributed by atoms with E-state index >= 15 is 0 Å². The average Bonchev–Trinajstić information content (AvgIpc) is 2.75. The first-order valence-electron chi connectivity index (χ1n) is 9.65. The van der Waals surface area contributed by atoms with E-state index in [1.54, 1.807) is 6.92 Å². The van der Waals surface area contributed by atoms with Gasteiger partial charge in [-0.2, -0.15) is 13.2 Å². The van der Waals surface area contributed by atoms with Gasteiger partial charge in [-0.3, -0.25) is 18.7 Å². The van der Waals surface area contributed by atoms with Gasteiger partial charge in [0.1, 0.15) is 17.9 Å². The number of nitrogens with one attached hydrogen (secondary N) is 1. The van der Waals surface area contributed by atoms with Crippen molar-refractivity contribution in [2.75, 3.05) is 19.4 Å². The van der Waals surface area contributed by atoms with Gasteiger partial charge < -0.3 is 5.32 Å². The molecule has 0 unspecified atom stereocenters. The lowest BCUT2D eigenvalue weighted by molar-refractivity contribution is -0.141. The molecule has 1 N–H and O–H groups in total. The van der Waals surface area contributed by atoms with Gasteiger partial charge in [0.15, 0.2) is 0 Å². The maximum atomic E-state index is 13.0. The average molecular weight is 499 g/mol. The lowest BCUT2D eigenvalue weighted by Gasteiger charge is -2.15. The number of alkyl halides is 3. The van der Waals surface area contributed by atoms with Crippen molar-refractivity contribution in [3.63, 3.8) is 0 Å². The summed E-state index contributed by atoms with van der Waals surface area (Å²) in [6, 6.07) is 5.67. The fraction of sp³-hybridized carbons (Fsp3) is 0.300. The Bertz CT molecular complexity index is 1520. The molecule has 1 amide bonds. The molecule has 10 nitrogen and oxygen atoms in total. The summed E-state index contributed by atoms with van der Waals surface area (Å²) in [6.45, 7) is 0.824. The van der Waals surface area contributed by atoms with E-state index < -0.39 is 51.2 Å². The number of carbonyl (C=O) groups excluding carboxylic acids is 1. The molecule has 0 atom stereocenters. The normalized spacial score (nSPS) is 12.4. The number of hydrogen-bond donors (Lipinski definition) is 1. The molecule has 2 aromatic heterocycles. The molecular weight excluding hydrogens is 479 g/mol. The molecule has 0 radical (unpaired) electrons. The minimum Gasteiger partial charge on any atom is -0.324 e. The van der Waals surface area contributed by atoms with Crippen molar-refractivity contribution in [1.29, 1.82) is 0 Å². The first-order chi connectivity index (χ1) is 15.6. The fourth-order valence-electron chi connectivity index (χ4n) is 3.17. The molecule has 0 saturated carbocycles. The summed E-state index contributed by atoms with van der Waals surface area (Å²) >= 11 is 0. The predicted molar refractivity (Wildman–Crippen MR) is 117 cm³/mol. The maximum absolute atomic E-state index is 13.0. The number of carbonyl (C=O) groups is 1. The second-order valence-corrected chi connectivity index (χ2v) is 9.73. The number of benzene rings is 1. The molecule has 14 heteroatoms. The Morgan fingerprint density at radius 1 is 1.15 bits per heavy atom. The third kappa shape index (κ3) is 4.59. The highest BCUT2D eigenvalue weighted by molar-refractivity contribution is 7.89. The number of amides is 1. The molecule has 0 fully saturated rings. The molecule has 1 aromatic carbocycles. The lowest BCUT2D eigenvalue weighted by atomic mass is 10.2. The molecule has 3 aromatic rings. The van der Waals surface area contributed by atoms with Gasteiger partial charge in [-0.25, -0.2) is 22.5 Å². The van der Waals surface area contributed by atoms with Gasteiger partial charge in [0.05, 0.1) is 10.3 Å². The topological polar surface area (TPSA) is 123 Å². The van der Waals surface area contributed by atoms with Crippen LogP contribution in [0.3, 0.4) is 0 Å². The van der Waals surface area contributed by atoms with E-state index in [2.05, 4.69) is 10.3 Å². The highest BCUT2D eigenvalue weighted by Gasteiger charge is 2.33. The third-order valence-corrected chi connectivity index (χ3v) is 6.97. The van der Waals surface area contributed by atoms with Gasteiger partial charge >= 0.3 is 11.9 Å². The zero-order valence-electron chi connectivity index (χ0n) is 18.5. The lowest BCUT2D eigenvalue weighted by Crippen LogP contribution is -2.42. The minimum atomic E-state index is -4.77. The number of hydrogen-bond acceptors (Lipinski definition) is 6. The summed E-state index contributed by atoms with van der Waals surface area (Å²) in [7, 11) is 0.0445. The van der Waals surface area contributed by atoms with Gasteiger partial charge in [0.25, 0.3) is 5.56 Å². The third-order valence-electron chi connectivity index (χ3n) is 5.01. The van der Waals surface area contributed by atoms with Crippen LogP contribution < -0.4 is 16.6 Å². The van der Waals surface area contributed by atoms with Gasteiger partial charge in [-0.05, 0) is 36.8 Å².